The van der Waals surface area contributed by atoms with Gasteiger partial charge in [-0.1, -0.05) is 57.4 Å². The van der Waals surface area contributed by atoms with Crippen molar-refractivity contribution in [2.75, 3.05) is 7.11 Å². The molecule has 3 aromatic carbocycles. The zero-order chi connectivity index (χ0) is 20.8. The number of fused-ring (bicyclic) bond motifs is 3. The van der Waals surface area contributed by atoms with E-state index in [2.05, 4.69) is 47.1 Å². The SMILES string of the molecule is COc1ccc(Br)cc1[C@@H]1Oc2ccc(Cl)cc2[C@H]2CC(c3ccc(C)cc3)=NN21. The number of halogens is 2. The van der Waals surface area contributed by atoms with Crippen molar-refractivity contribution in [3.63, 3.8) is 0 Å². The van der Waals surface area contributed by atoms with Crippen molar-refractivity contribution in [1.82, 2.24) is 5.01 Å². The number of aryl methyl sites for hydroxylation is 1. The average molecular weight is 484 g/mol. The highest BCUT2D eigenvalue weighted by Gasteiger charge is 2.42. The Morgan fingerprint density at radius 1 is 1.07 bits per heavy atom. The third kappa shape index (κ3) is 3.36. The summed E-state index contributed by atoms with van der Waals surface area (Å²) in [6.45, 7) is 2.09. The predicted molar refractivity (Wildman–Crippen MR) is 122 cm³/mol. The van der Waals surface area contributed by atoms with Gasteiger partial charge >= 0.3 is 0 Å². The highest BCUT2D eigenvalue weighted by Crippen LogP contribution is 2.49. The summed E-state index contributed by atoms with van der Waals surface area (Å²) < 4.78 is 13.0. The minimum atomic E-state index is -0.404. The quantitative estimate of drug-likeness (QED) is 0.417. The van der Waals surface area contributed by atoms with Crippen molar-refractivity contribution in [3.05, 3.63) is 92.4 Å². The van der Waals surface area contributed by atoms with Gasteiger partial charge in [-0.3, -0.25) is 0 Å². The summed E-state index contributed by atoms with van der Waals surface area (Å²) in [5.41, 5.74) is 5.37. The molecule has 0 saturated carbocycles. The van der Waals surface area contributed by atoms with Crippen LogP contribution in [-0.4, -0.2) is 17.8 Å². The summed E-state index contributed by atoms with van der Waals surface area (Å²) >= 11 is 9.90. The molecule has 0 radical (unpaired) electrons. The first-order valence-corrected chi connectivity index (χ1v) is 10.9. The predicted octanol–water partition coefficient (Wildman–Crippen LogP) is 6.66. The van der Waals surface area contributed by atoms with Crippen LogP contribution in [0.5, 0.6) is 11.5 Å². The summed E-state index contributed by atoms with van der Waals surface area (Å²) in [6.07, 6.45) is 0.381. The second-order valence-electron chi connectivity index (χ2n) is 7.55. The van der Waals surface area contributed by atoms with E-state index >= 15 is 0 Å². The minimum absolute atomic E-state index is 0.0393. The van der Waals surface area contributed by atoms with Crippen LogP contribution in [0, 0.1) is 6.92 Å². The summed E-state index contributed by atoms with van der Waals surface area (Å²) in [4.78, 5) is 0. The van der Waals surface area contributed by atoms with Crippen LogP contribution in [0.15, 0.2) is 70.2 Å². The fourth-order valence-electron chi connectivity index (χ4n) is 4.08. The largest absolute Gasteiger partial charge is 0.496 e. The molecule has 0 unspecified atom stereocenters. The van der Waals surface area contributed by atoms with Gasteiger partial charge in [-0.15, -0.1) is 0 Å². The van der Waals surface area contributed by atoms with Gasteiger partial charge in [-0.2, -0.15) is 5.10 Å². The molecular formula is C24H20BrClN2O2. The molecule has 2 atom stereocenters. The molecule has 0 aliphatic carbocycles. The lowest BCUT2D eigenvalue weighted by Gasteiger charge is -2.38. The Balaban J connectivity index is 1.64. The van der Waals surface area contributed by atoms with E-state index in [1.807, 2.05) is 41.4 Å². The fourth-order valence-corrected chi connectivity index (χ4v) is 4.64. The summed E-state index contributed by atoms with van der Waals surface area (Å²) in [5.74, 6) is 1.59. The Hall–Kier alpha value is -2.50. The number of ether oxygens (including phenoxy) is 2. The molecule has 4 nitrogen and oxygen atoms in total. The van der Waals surface area contributed by atoms with Crippen LogP contribution in [-0.2, 0) is 0 Å². The molecule has 0 saturated heterocycles. The maximum absolute atomic E-state index is 6.45. The topological polar surface area (TPSA) is 34.1 Å². The number of hydrogen-bond acceptors (Lipinski definition) is 4. The Morgan fingerprint density at radius 2 is 1.87 bits per heavy atom. The lowest BCUT2D eigenvalue weighted by Crippen LogP contribution is -2.34. The molecule has 0 aromatic heterocycles. The van der Waals surface area contributed by atoms with Crippen molar-refractivity contribution in [3.8, 4) is 11.5 Å². The molecule has 0 amide bonds. The molecule has 0 spiro atoms. The molecule has 2 aliphatic rings. The van der Waals surface area contributed by atoms with Gasteiger partial charge in [0.1, 0.15) is 11.5 Å². The van der Waals surface area contributed by atoms with Crippen LogP contribution in [0.1, 0.15) is 40.9 Å². The molecule has 0 fully saturated rings. The number of rotatable bonds is 3. The first-order valence-electron chi connectivity index (χ1n) is 9.76. The summed E-state index contributed by atoms with van der Waals surface area (Å²) in [7, 11) is 1.67. The third-order valence-corrected chi connectivity index (χ3v) is 6.32. The Bertz CT molecular complexity index is 1150. The van der Waals surface area contributed by atoms with Gasteiger partial charge in [0.2, 0.25) is 6.23 Å². The Morgan fingerprint density at radius 3 is 2.63 bits per heavy atom. The van der Waals surface area contributed by atoms with Gasteiger partial charge in [-0.25, -0.2) is 5.01 Å². The molecule has 6 heteroatoms. The molecule has 3 aromatic rings. The molecule has 30 heavy (non-hydrogen) atoms. The van der Waals surface area contributed by atoms with E-state index in [4.69, 9.17) is 26.2 Å². The van der Waals surface area contributed by atoms with Gasteiger partial charge in [0.25, 0.3) is 0 Å². The first kappa shape index (κ1) is 19.5. The number of benzene rings is 3. The average Bonchev–Trinajstić information content (AvgIpc) is 3.19. The minimum Gasteiger partial charge on any atom is -0.496 e. The van der Waals surface area contributed by atoms with Crippen molar-refractivity contribution in [1.29, 1.82) is 0 Å². The number of hydrazone groups is 1. The van der Waals surface area contributed by atoms with E-state index in [0.717, 1.165) is 44.8 Å². The number of hydrogen-bond donors (Lipinski definition) is 0. The van der Waals surface area contributed by atoms with Gasteiger partial charge in [0.15, 0.2) is 0 Å². The molecule has 0 N–H and O–H groups in total. The van der Waals surface area contributed by atoms with Crippen LogP contribution >= 0.6 is 27.5 Å². The molecular weight excluding hydrogens is 464 g/mol. The highest BCUT2D eigenvalue weighted by atomic mass is 79.9. The third-order valence-electron chi connectivity index (χ3n) is 5.59. The molecule has 2 heterocycles. The Labute approximate surface area is 189 Å². The highest BCUT2D eigenvalue weighted by molar-refractivity contribution is 9.10. The van der Waals surface area contributed by atoms with Crippen LogP contribution in [0.25, 0.3) is 0 Å². The molecule has 2 aliphatic heterocycles. The smallest absolute Gasteiger partial charge is 0.217 e. The van der Waals surface area contributed by atoms with Gasteiger partial charge < -0.3 is 9.47 Å². The number of methoxy groups -OCH3 is 1. The van der Waals surface area contributed by atoms with Gasteiger partial charge in [0, 0.05) is 21.5 Å². The van der Waals surface area contributed by atoms with Crippen molar-refractivity contribution in [2.24, 2.45) is 5.10 Å². The van der Waals surface area contributed by atoms with Gasteiger partial charge in [0.05, 0.1) is 24.4 Å². The molecule has 5 rings (SSSR count). The monoisotopic (exact) mass is 482 g/mol. The van der Waals surface area contributed by atoms with Crippen LogP contribution in [0.2, 0.25) is 5.02 Å². The first-order chi connectivity index (χ1) is 14.5. The molecule has 152 valence electrons. The van der Waals surface area contributed by atoms with Crippen LogP contribution in [0.3, 0.4) is 0 Å². The lowest BCUT2D eigenvalue weighted by molar-refractivity contribution is -0.0203. The van der Waals surface area contributed by atoms with E-state index in [1.165, 1.54) is 5.56 Å². The zero-order valence-corrected chi connectivity index (χ0v) is 18.9. The second kappa shape index (κ2) is 7.64. The van der Waals surface area contributed by atoms with Crippen molar-refractivity contribution in [2.45, 2.75) is 25.6 Å². The van der Waals surface area contributed by atoms with Crippen LogP contribution in [0.4, 0.5) is 0 Å². The van der Waals surface area contributed by atoms with E-state index in [0.29, 0.717) is 5.02 Å². The maximum Gasteiger partial charge on any atom is 0.217 e. The lowest BCUT2D eigenvalue weighted by atomic mass is 9.95. The standard InChI is InChI=1S/C24H20BrClN2O2/c1-14-3-5-15(6-4-14)20-13-21-18-12-17(26)8-10-23(18)30-24(28(21)27-20)19-11-16(25)7-9-22(19)29-2/h3-12,21,24H,13H2,1-2H3/t21-,24+/m1/s1. The van der Waals surface area contributed by atoms with Crippen molar-refractivity contribution < 1.29 is 9.47 Å². The van der Waals surface area contributed by atoms with E-state index in [1.54, 1.807) is 7.11 Å². The zero-order valence-electron chi connectivity index (χ0n) is 16.6. The molecule has 0 bridgehead atoms. The van der Waals surface area contributed by atoms with E-state index in [9.17, 15) is 0 Å². The summed E-state index contributed by atoms with van der Waals surface area (Å²) in [6, 6.07) is 20.2. The van der Waals surface area contributed by atoms with Crippen LogP contribution < -0.4 is 9.47 Å². The second-order valence-corrected chi connectivity index (χ2v) is 8.90. The fraction of sp³-hybridized carbons (Fsp3) is 0.208. The maximum atomic E-state index is 6.45. The van der Waals surface area contributed by atoms with E-state index in [-0.39, 0.29) is 6.04 Å². The normalized spacial score (nSPS) is 19.6. The summed E-state index contributed by atoms with van der Waals surface area (Å²) in [5, 5.41) is 7.75. The van der Waals surface area contributed by atoms with Crippen molar-refractivity contribution >= 4 is 33.2 Å². The Kier molecular flexibility index (Phi) is 4.95. The van der Waals surface area contributed by atoms with E-state index < -0.39 is 6.23 Å². The number of nitrogens with zero attached hydrogens (tertiary/aromatic N) is 2. The van der Waals surface area contributed by atoms with Gasteiger partial charge in [-0.05, 0) is 48.9 Å².